The quantitative estimate of drug-likeness (QED) is 0.799. The summed E-state index contributed by atoms with van der Waals surface area (Å²) in [5.74, 6) is 0. The normalized spacial score (nSPS) is 21.9. The Kier molecular flexibility index (Phi) is 4.07. The molecule has 3 nitrogen and oxygen atoms in total. The van der Waals surface area contributed by atoms with Crippen LogP contribution in [-0.2, 0) is 11.3 Å². The van der Waals surface area contributed by atoms with Gasteiger partial charge >= 0.3 is 0 Å². The molecular formula is C12H15BrN2O. The molecule has 2 rings (SSSR count). The number of hydrogen-bond acceptors (Lipinski definition) is 3. The van der Waals surface area contributed by atoms with Crippen LogP contribution in [0.3, 0.4) is 0 Å². The van der Waals surface area contributed by atoms with Crippen LogP contribution in [0.1, 0.15) is 24.8 Å². The van der Waals surface area contributed by atoms with Crippen molar-refractivity contribution in [3.05, 3.63) is 28.5 Å². The molecule has 0 aromatic carbocycles. The summed E-state index contributed by atoms with van der Waals surface area (Å²) in [6, 6.07) is 2.15. The number of rotatable bonds is 3. The summed E-state index contributed by atoms with van der Waals surface area (Å²) in [6.07, 6.45) is 8.05. The summed E-state index contributed by atoms with van der Waals surface area (Å²) in [5.41, 5.74) is 1.16. The monoisotopic (exact) mass is 282 g/mol. The minimum atomic E-state index is 0.0905. The lowest BCUT2D eigenvalue weighted by Gasteiger charge is -2.32. The van der Waals surface area contributed by atoms with E-state index in [1.54, 1.807) is 6.20 Å². The third-order valence-corrected chi connectivity index (χ3v) is 3.40. The SMILES string of the molecule is O=CC1CCCCN1Cc1cncc(Br)c1. The molecule has 4 heteroatoms. The molecule has 1 saturated heterocycles. The summed E-state index contributed by atoms with van der Waals surface area (Å²) < 4.78 is 0.990. The zero-order valence-corrected chi connectivity index (χ0v) is 10.7. The molecule has 1 aromatic rings. The number of aromatic nitrogens is 1. The van der Waals surface area contributed by atoms with E-state index in [2.05, 4.69) is 31.9 Å². The first-order valence-corrected chi connectivity index (χ1v) is 6.37. The maximum Gasteiger partial charge on any atom is 0.137 e. The maximum atomic E-state index is 11.0. The molecular weight excluding hydrogens is 268 g/mol. The highest BCUT2D eigenvalue weighted by Gasteiger charge is 2.21. The van der Waals surface area contributed by atoms with E-state index in [4.69, 9.17) is 0 Å². The van der Waals surface area contributed by atoms with Crippen molar-refractivity contribution in [3.8, 4) is 0 Å². The van der Waals surface area contributed by atoms with Gasteiger partial charge in [0, 0.05) is 23.4 Å². The number of hydrogen-bond donors (Lipinski definition) is 0. The van der Waals surface area contributed by atoms with Crippen molar-refractivity contribution in [1.29, 1.82) is 0 Å². The van der Waals surface area contributed by atoms with Crippen LogP contribution in [0.4, 0.5) is 0 Å². The van der Waals surface area contributed by atoms with Gasteiger partial charge < -0.3 is 4.79 Å². The molecule has 1 aliphatic rings. The molecule has 86 valence electrons. The van der Waals surface area contributed by atoms with Gasteiger partial charge in [0.25, 0.3) is 0 Å². The fraction of sp³-hybridized carbons (Fsp3) is 0.500. The van der Waals surface area contributed by atoms with Gasteiger partial charge in [-0.3, -0.25) is 9.88 Å². The van der Waals surface area contributed by atoms with Crippen LogP contribution < -0.4 is 0 Å². The minimum Gasteiger partial charge on any atom is -0.302 e. The van der Waals surface area contributed by atoms with Crippen molar-refractivity contribution in [2.24, 2.45) is 0 Å². The zero-order chi connectivity index (χ0) is 11.4. The van der Waals surface area contributed by atoms with Gasteiger partial charge in [-0.15, -0.1) is 0 Å². The molecule has 2 heterocycles. The number of likely N-dealkylation sites (tertiary alicyclic amines) is 1. The van der Waals surface area contributed by atoms with E-state index < -0.39 is 0 Å². The van der Waals surface area contributed by atoms with Crippen LogP contribution >= 0.6 is 15.9 Å². The van der Waals surface area contributed by atoms with E-state index in [-0.39, 0.29) is 6.04 Å². The summed E-state index contributed by atoms with van der Waals surface area (Å²) >= 11 is 3.41. The molecule has 0 saturated carbocycles. The molecule has 0 spiro atoms. The van der Waals surface area contributed by atoms with Crippen molar-refractivity contribution < 1.29 is 4.79 Å². The van der Waals surface area contributed by atoms with E-state index in [0.717, 1.165) is 42.3 Å². The molecule has 1 atom stereocenters. The van der Waals surface area contributed by atoms with Crippen molar-refractivity contribution in [2.75, 3.05) is 6.54 Å². The highest BCUT2D eigenvalue weighted by atomic mass is 79.9. The van der Waals surface area contributed by atoms with Crippen LogP contribution in [0.25, 0.3) is 0 Å². The van der Waals surface area contributed by atoms with Gasteiger partial charge in [-0.05, 0) is 46.9 Å². The highest BCUT2D eigenvalue weighted by Crippen LogP contribution is 2.19. The summed E-state index contributed by atoms with van der Waals surface area (Å²) in [7, 11) is 0. The number of carbonyl (C=O) groups is 1. The summed E-state index contributed by atoms with van der Waals surface area (Å²) in [5, 5.41) is 0. The standard InChI is InChI=1S/C12H15BrN2O/c13-11-5-10(6-14-7-11)8-15-4-2-1-3-12(15)9-16/h5-7,9,12H,1-4,8H2. The van der Waals surface area contributed by atoms with E-state index in [1.807, 2.05) is 6.20 Å². The molecule has 16 heavy (non-hydrogen) atoms. The van der Waals surface area contributed by atoms with Crippen molar-refractivity contribution >= 4 is 22.2 Å². The van der Waals surface area contributed by atoms with Crippen LogP contribution in [0.15, 0.2) is 22.9 Å². The van der Waals surface area contributed by atoms with Crippen LogP contribution in [0, 0.1) is 0 Å². The van der Waals surface area contributed by atoms with Gasteiger partial charge in [0.2, 0.25) is 0 Å². The second-order valence-electron chi connectivity index (χ2n) is 4.18. The van der Waals surface area contributed by atoms with E-state index >= 15 is 0 Å². The first-order chi connectivity index (χ1) is 7.79. The molecule has 0 aliphatic carbocycles. The molecule has 0 bridgehead atoms. The van der Waals surface area contributed by atoms with Gasteiger partial charge in [0.1, 0.15) is 6.29 Å². The van der Waals surface area contributed by atoms with Gasteiger partial charge in [-0.1, -0.05) is 6.42 Å². The number of carbonyl (C=O) groups excluding carboxylic acids is 1. The van der Waals surface area contributed by atoms with Gasteiger partial charge in [0.05, 0.1) is 6.04 Å². The Balaban J connectivity index is 2.04. The Morgan fingerprint density at radius 2 is 2.38 bits per heavy atom. The number of piperidine rings is 1. The molecule has 0 N–H and O–H groups in total. The van der Waals surface area contributed by atoms with Gasteiger partial charge in [-0.25, -0.2) is 0 Å². The van der Waals surface area contributed by atoms with Crippen molar-refractivity contribution in [3.63, 3.8) is 0 Å². The molecule has 1 aromatic heterocycles. The average Bonchev–Trinajstić information content (AvgIpc) is 2.30. The van der Waals surface area contributed by atoms with Crippen LogP contribution in [-0.4, -0.2) is 28.8 Å². The largest absolute Gasteiger partial charge is 0.302 e. The molecule has 0 radical (unpaired) electrons. The lowest BCUT2D eigenvalue weighted by atomic mass is 10.0. The number of halogens is 1. The fourth-order valence-corrected chi connectivity index (χ4v) is 2.56. The minimum absolute atomic E-state index is 0.0905. The van der Waals surface area contributed by atoms with Crippen molar-refractivity contribution in [1.82, 2.24) is 9.88 Å². The Labute approximate surface area is 104 Å². The molecule has 0 amide bonds. The van der Waals surface area contributed by atoms with Crippen LogP contribution in [0.2, 0.25) is 0 Å². The second kappa shape index (κ2) is 5.55. The number of aldehydes is 1. The van der Waals surface area contributed by atoms with Gasteiger partial charge in [0.15, 0.2) is 0 Å². The Morgan fingerprint density at radius 1 is 1.50 bits per heavy atom. The Hall–Kier alpha value is -0.740. The predicted molar refractivity (Wildman–Crippen MR) is 66.1 cm³/mol. The van der Waals surface area contributed by atoms with Crippen LogP contribution in [0.5, 0.6) is 0 Å². The fourth-order valence-electron chi connectivity index (χ4n) is 2.14. The molecule has 1 aliphatic heterocycles. The smallest absolute Gasteiger partial charge is 0.137 e. The van der Waals surface area contributed by atoms with E-state index in [0.29, 0.717) is 0 Å². The molecule has 1 fully saturated rings. The van der Waals surface area contributed by atoms with Crippen molar-refractivity contribution in [2.45, 2.75) is 31.8 Å². The zero-order valence-electron chi connectivity index (χ0n) is 9.10. The predicted octanol–water partition coefficient (Wildman–Crippen LogP) is 2.40. The summed E-state index contributed by atoms with van der Waals surface area (Å²) in [4.78, 5) is 17.3. The second-order valence-corrected chi connectivity index (χ2v) is 5.10. The lowest BCUT2D eigenvalue weighted by molar-refractivity contribution is -0.113. The van der Waals surface area contributed by atoms with E-state index in [1.165, 1.54) is 6.42 Å². The topological polar surface area (TPSA) is 33.2 Å². The maximum absolute atomic E-state index is 11.0. The number of pyridine rings is 1. The first kappa shape index (κ1) is 11.7. The lowest BCUT2D eigenvalue weighted by Crippen LogP contribution is -2.39. The first-order valence-electron chi connectivity index (χ1n) is 5.58. The average molecular weight is 283 g/mol. The molecule has 1 unspecified atom stereocenters. The Morgan fingerprint density at radius 3 is 3.12 bits per heavy atom. The number of nitrogens with zero attached hydrogens (tertiary/aromatic N) is 2. The van der Waals surface area contributed by atoms with E-state index in [9.17, 15) is 4.79 Å². The Bertz CT molecular complexity index is 370. The van der Waals surface area contributed by atoms with Gasteiger partial charge in [-0.2, -0.15) is 0 Å². The summed E-state index contributed by atoms with van der Waals surface area (Å²) in [6.45, 7) is 1.83. The third-order valence-electron chi connectivity index (χ3n) is 2.97. The highest BCUT2D eigenvalue weighted by molar-refractivity contribution is 9.10. The third kappa shape index (κ3) is 2.89.